The maximum atomic E-state index is 10.1. The Morgan fingerprint density at radius 2 is 1.93 bits per heavy atom. The van der Waals surface area contributed by atoms with Crippen LogP contribution in [0.3, 0.4) is 0 Å². The van der Waals surface area contributed by atoms with Gasteiger partial charge in [-0.15, -0.1) is 20.2 Å². The van der Waals surface area contributed by atoms with Crippen LogP contribution < -0.4 is 0 Å². The fourth-order valence-corrected chi connectivity index (χ4v) is 0.717. The summed E-state index contributed by atoms with van der Waals surface area (Å²) in [6.07, 6.45) is -1.91. The lowest BCUT2D eigenvalue weighted by molar-refractivity contribution is -0.790. The highest BCUT2D eigenvalue weighted by Gasteiger charge is 2.16. The lowest BCUT2D eigenvalue weighted by atomic mass is 10.2. The molecule has 0 fully saturated rings. The molecule has 0 aliphatic carbocycles. The van der Waals surface area contributed by atoms with Crippen LogP contribution in [0.2, 0.25) is 0 Å². The summed E-state index contributed by atoms with van der Waals surface area (Å²) in [7, 11) is 0. The molecule has 0 heterocycles. The largest absolute Gasteiger partial charge is 0.481 e. The van der Waals surface area contributed by atoms with E-state index in [-0.39, 0.29) is 6.42 Å². The van der Waals surface area contributed by atoms with Gasteiger partial charge >= 0.3 is 5.97 Å². The Morgan fingerprint density at radius 3 is 2.33 bits per heavy atom. The van der Waals surface area contributed by atoms with E-state index in [0.717, 1.165) is 0 Å². The fraction of sp³-hybridized carbons (Fsp3) is 0.800. The lowest BCUT2D eigenvalue weighted by Gasteiger charge is -2.11. The minimum absolute atomic E-state index is 0.246. The molecule has 0 aromatic heterocycles. The van der Waals surface area contributed by atoms with Crippen LogP contribution in [0.4, 0.5) is 0 Å². The zero-order valence-electron chi connectivity index (χ0n) is 7.40. The lowest BCUT2D eigenvalue weighted by Crippen LogP contribution is -2.25. The van der Waals surface area contributed by atoms with Crippen molar-refractivity contribution < 1.29 is 29.7 Å². The SMILES string of the molecule is O=C(O)CCC(CO[N+](=O)[O-])O[N+](=O)[O-]. The molecule has 0 aliphatic rings. The van der Waals surface area contributed by atoms with Crippen molar-refractivity contribution in [3.63, 3.8) is 0 Å². The molecule has 0 rings (SSSR count). The summed E-state index contributed by atoms with van der Waals surface area (Å²) in [5.41, 5.74) is 0. The van der Waals surface area contributed by atoms with Crippen LogP contribution >= 0.6 is 0 Å². The van der Waals surface area contributed by atoms with Crippen LogP contribution in [0.5, 0.6) is 0 Å². The monoisotopic (exact) mass is 224 g/mol. The standard InChI is InChI=1S/C5H8N2O8/c8-5(9)2-1-4(15-7(12)13)3-14-6(10)11/h4H,1-3H2,(H,8,9). The van der Waals surface area contributed by atoms with E-state index in [1.165, 1.54) is 0 Å². The van der Waals surface area contributed by atoms with Crippen molar-refractivity contribution in [3.05, 3.63) is 20.2 Å². The zero-order chi connectivity index (χ0) is 11.8. The third kappa shape index (κ3) is 8.21. The number of nitrogens with zero attached hydrogens (tertiary/aromatic N) is 2. The van der Waals surface area contributed by atoms with Crippen molar-refractivity contribution in [2.24, 2.45) is 0 Å². The van der Waals surface area contributed by atoms with Gasteiger partial charge in [0, 0.05) is 6.42 Å². The summed E-state index contributed by atoms with van der Waals surface area (Å²) in [5, 5.41) is 25.7. The van der Waals surface area contributed by atoms with Gasteiger partial charge in [0.25, 0.3) is 10.2 Å². The molecule has 1 atom stereocenters. The molecule has 0 aromatic carbocycles. The number of carbonyl (C=O) groups is 1. The normalized spacial score (nSPS) is 11.5. The number of hydrogen-bond donors (Lipinski definition) is 1. The first-order valence-corrected chi connectivity index (χ1v) is 3.72. The van der Waals surface area contributed by atoms with Crippen molar-refractivity contribution in [2.45, 2.75) is 18.9 Å². The minimum Gasteiger partial charge on any atom is -0.481 e. The Labute approximate surface area is 82.6 Å². The smallest absolute Gasteiger partial charge is 0.303 e. The molecule has 0 aromatic rings. The molecule has 0 bridgehead atoms. The Bertz CT molecular complexity index is 235. The van der Waals surface area contributed by atoms with Crippen molar-refractivity contribution in [1.82, 2.24) is 0 Å². The summed E-state index contributed by atoms with van der Waals surface area (Å²) in [5.74, 6) is -1.19. The Hall–Kier alpha value is -2.13. The third-order valence-corrected chi connectivity index (χ3v) is 1.28. The summed E-state index contributed by atoms with van der Waals surface area (Å²) >= 11 is 0. The Kier molecular flexibility index (Phi) is 5.44. The van der Waals surface area contributed by atoms with E-state index in [1.54, 1.807) is 0 Å². The van der Waals surface area contributed by atoms with Gasteiger partial charge in [-0.25, -0.2) is 0 Å². The number of rotatable bonds is 8. The molecule has 1 unspecified atom stereocenters. The average Bonchev–Trinajstić information content (AvgIpc) is 2.08. The highest BCUT2D eigenvalue weighted by Crippen LogP contribution is 2.03. The van der Waals surface area contributed by atoms with Gasteiger partial charge in [-0.3, -0.25) is 4.79 Å². The van der Waals surface area contributed by atoms with E-state index in [4.69, 9.17) is 5.11 Å². The molecule has 86 valence electrons. The summed E-state index contributed by atoms with van der Waals surface area (Å²) in [6, 6.07) is 0. The summed E-state index contributed by atoms with van der Waals surface area (Å²) < 4.78 is 0. The van der Waals surface area contributed by atoms with Crippen LogP contribution in [0.25, 0.3) is 0 Å². The highest BCUT2D eigenvalue weighted by molar-refractivity contribution is 5.66. The van der Waals surface area contributed by atoms with E-state index < -0.39 is 35.3 Å². The van der Waals surface area contributed by atoms with E-state index in [2.05, 4.69) is 9.68 Å². The molecular weight excluding hydrogens is 216 g/mol. The first kappa shape index (κ1) is 12.9. The minimum atomic E-state index is -1.26. The maximum absolute atomic E-state index is 10.1. The van der Waals surface area contributed by atoms with Crippen LogP contribution in [0.1, 0.15) is 12.8 Å². The summed E-state index contributed by atoms with van der Waals surface area (Å²) in [4.78, 5) is 37.6. The van der Waals surface area contributed by atoms with Crippen LogP contribution in [0.15, 0.2) is 0 Å². The number of carboxylic acid groups (broad SMARTS) is 1. The van der Waals surface area contributed by atoms with E-state index in [1.807, 2.05) is 0 Å². The molecule has 15 heavy (non-hydrogen) atoms. The zero-order valence-corrected chi connectivity index (χ0v) is 7.40. The van der Waals surface area contributed by atoms with Gasteiger partial charge in [0.1, 0.15) is 12.7 Å². The van der Waals surface area contributed by atoms with Crippen LogP contribution in [0, 0.1) is 20.2 Å². The van der Waals surface area contributed by atoms with Crippen LogP contribution in [-0.2, 0) is 14.5 Å². The fourth-order valence-electron chi connectivity index (χ4n) is 0.717. The third-order valence-electron chi connectivity index (χ3n) is 1.28. The quantitative estimate of drug-likeness (QED) is 0.434. The summed E-state index contributed by atoms with van der Waals surface area (Å²) in [6.45, 7) is -0.679. The predicted molar refractivity (Wildman–Crippen MR) is 41.7 cm³/mol. The molecule has 0 saturated heterocycles. The second kappa shape index (κ2) is 6.34. The Balaban J connectivity index is 3.99. The molecule has 10 nitrogen and oxygen atoms in total. The highest BCUT2D eigenvalue weighted by atomic mass is 17.0. The maximum Gasteiger partial charge on any atom is 0.303 e. The van der Waals surface area contributed by atoms with Crippen molar-refractivity contribution in [1.29, 1.82) is 0 Å². The van der Waals surface area contributed by atoms with Crippen molar-refractivity contribution in [2.75, 3.05) is 6.61 Å². The van der Waals surface area contributed by atoms with Gasteiger partial charge in [-0.2, -0.15) is 0 Å². The number of hydrogen-bond acceptors (Lipinski definition) is 7. The van der Waals surface area contributed by atoms with Gasteiger partial charge in [-0.1, -0.05) is 0 Å². The second-order valence-corrected chi connectivity index (χ2v) is 2.40. The van der Waals surface area contributed by atoms with E-state index >= 15 is 0 Å². The molecule has 10 heteroatoms. The first-order chi connectivity index (χ1) is 6.91. The van der Waals surface area contributed by atoms with Gasteiger partial charge in [0.2, 0.25) is 0 Å². The van der Waals surface area contributed by atoms with Crippen molar-refractivity contribution in [3.8, 4) is 0 Å². The Morgan fingerprint density at radius 1 is 1.33 bits per heavy atom. The first-order valence-electron chi connectivity index (χ1n) is 3.72. The molecule has 0 amide bonds. The molecule has 0 saturated carbocycles. The van der Waals surface area contributed by atoms with Gasteiger partial charge in [0.05, 0.1) is 0 Å². The van der Waals surface area contributed by atoms with Gasteiger partial charge < -0.3 is 14.8 Å². The number of carboxylic acids is 1. The second-order valence-electron chi connectivity index (χ2n) is 2.40. The van der Waals surface area contributed by atoms with E-state index in [9.17, 15) is 25.0 Å². The molecule has 1 N–H and O–H groups in total. The van der Waals surface area contributed by atoms with E-state index in [0.29, 0.717) is 0 Å². The average molecular weight is 224 g/mol. The van der Waals surface area contributed by atoms with Gasteiger partial charge in [0.15, 0.2) is 0 Å². The topological polar surface area (TPSA) is 142 Å². The number of aliphatic carboxylic acids is 1. The van der Waals surface area contributed by atoms with Crippen molar-refractivity contribution >= 4 is 5.97 Å². The molecule has 0 aliphatic heterocycles. The molecular formula is C5H8N2O8. The molecule has 0 radical (unpaired) electrons. The molecule has 0 spiro atoms. The predicted octanol–water partition coefficient (Wildman–Crippen LogP) is -0.364. The van der Waals surface area contributed by atoms with Crippen LogP contribution in [-0.4, -0.2) is 34.0 Å². The van der Waals surface area contributed by atoms with Gasteiger partial charge in [-0.05, 0) is 6.42 Å².